The lowest BCUT2D eigenvalue weighted by molar-refractivity contribution is 0.133. The number of fused-ring (bicyclic) bond motifs is 2. The number of aromatic nitrogens is 2. The molecule has 0 bridgehead atoms. The molecule has 5 nitrogen and oxygen atoms in total. The first-order valence-corrected chi connectivity index (χ1v) is 7.68. The summed E-state index contributed by atoms with van der Waals surface area (Å²) >= 11 is 0. The number of nitrogens with one attached hydrogen (secondary N) is 1. The lowest BCUT2D eigenvalue weighted by Crippen LogP contribution is -2.31. The highest BCUT2D eigenvalue weighted by molar-refractivity contribution is 5.82. The number of para-hydroxylation sites is 1. The molecule has 2 heterocycles. The van der Waals surface area contributed by atoms with Crippen molar-refractivity contribution in [2.24, 2.45) is 11.8 Å². The molecule has 3 unspecified atom stereocenters. The van der Waals surface area contributed by atoms with E-state index in [9.17, 15) is 9.90 Å². The Morgan fingerprint density at radius 3 is 2.95 bits per heavy atom. The molecule has 1 aliphatic heterocycles. The number of likely N-dealkylation sites (tertiary alicyclic amines) is 1. The molecular weight excluding hydrogens is 266 g/mol. The van der Waals surface area contributed by atoms with Crippen LogP contribution in [0.15, 0.2) is 24.3 Å². The number of hydrogen-bond acceptors (Lipinski definition) is 2. The van der Waals surface area contributed by atoms with E-state index in [1.807, 2.05) is 24.3 Å². The Balaban J connectivity index is 1.81. The molecular formula is C16H19N3O2. The summed E-state index contributed by atoms with van der Waals surface area (Å²) in [6, 6.07) is 7.87. The van der Waals surface area contributed by atoms with Crippen molar-refractivity contribution in [1.82, 2.24) is 15.1 Å². The van der Waals surface area contributed by atoms with Gasteiger partial charge in [-0.2, -0.15) is 5.10 Å². The average Bonchev–Trinajstić information content (AvgIpc) is 3.07. The van der Waals surface area contributed by atoms with E-state index in [-0.39, 0.29) is 6.04 Å². The van der Waals surface area contributed by atoms with Gasteiger partial charge in [0.25, 0.3) is 0 Å². The normalized spacial score (nSPS) is 28.8. The van der Waals surface area contributed by atoms with Crippen molar-refractivity contribution in [3.63, 3.8) is 0 Å². The van der Waals surface area contributed by atoms with Crippen molar-refractivity contribution in [2.45, 2.75) is 31.7 Å². The molecule has 0 spiro atoms. The molecule has 21 heavy (non-hydrogen) atoms. The lowest BCUT2D eigenvalue weighted by atomic mass is 9.77. The van der Waals surface area contributed by atoms with Crippen LogP contribution in [-0.2, 0) is 0 Å². The zero-order valence-corrected chi connectivity index (χ0v) is 11.8. The molecule has 1 amide bonds. The standard InChI is InChI=1S/C16H19N3O2/c20-16(21)19-9-10-5-1-2-6-11(10)15(19)14-12-7-3-4-8-13(12)17-18-14/h3-4,7-8,10-11,15H,1-2,5-6,9H2,(H,17,18)(H,20,21). The molecule has 1 aromatic heterocycles. The predicted octanol–water partition coefficient (Wildman–Crippen LogP) is 3.40. The Bertz CT molecular complexity index is 681. The van der Waals surface area contributed by atoms with Crippen LogP contribution in [0.4, 0.5) is 4.79 Å². The van der Waals surface area contributed by atoms with Gasteiger partial charge in [0.2, 0.25) is 0 Å². The second-order valence-electron chi connectivity index (χ2n) is 6.24. The van der Waals surface area contributed by atoms with Gasteiger partial charge in [-0.15, -0.1) is 0 Å². The molecule has 2 aromatic rings. The average molecular weight is 285 g/mol. The van der Waals surface area contributed by atoms with Crippen molar-refractivity contribution in [3.8, 4) is 0 Å². The second kappa shape index (κ2) is 4.76. The number of H-pyrrole nitrogens is 1. The zero-order chi connectivity index (χ0) is 14.4. The molecule has 1 aromatic carbocycles. The molecule has 1 saturated heterocycles. The first kappa shape index (κ1) is 12.7. The fourth-order valence-corrected chi connectivity index (χ4v) is 4.25. The van der Waals surface area contributed by atoms with Gasteiger partial charge < -0.3 is 5.11 Å². The van der Waals surface area contributed by atoms with E-state index in [1.165, 1.54) is 12.8 Å². The number of carboxylic acid groups (broad SMARTS) is 1. The summed E-state index contributed by atoms with van der Waals surface area (Å²) in [5.74, 6) is 0.931. The SMILES string of the molecule is O=C(O)N1CC2CCCCC2C1c1[nH]nc2ccccc12. The maximum Gasteiger partial charge on any atom is 0.407 e. The number of rotatable bonds is 1. The zero-order valence-electron chi connectivity index (χ0n) is 11.8. The highest BCUT2D eigenvalue weighted by Crippen LogP contribution is 2.48. The molecule has 2 fully saturated rings. The molecule has 2 N–H and O–H groups in total. The van der Waals surface area contributed by atoms with E-state index in [2.05, 4.69) is 10.2 Å². The largest absolute Gasteiger partial charge is 0.465 e. The third-order valence-corrected chi connectivity index (χ3v) is 5.17. The lowest BCUT2D eigenvalue weighted by Gasteiger charge is -2.29. The number of nitrogens with zero attached hydrogens (tertiary/aromatic N) is 2. The number of aromatic amines is 1. The summed E-state index contributed by atoms with van der Waals surface area (Å²) in [4.78, 5) is 13.3. The van der Waals surface area contributed by atoms with E-state index < -0.39 is 6.09 Å². The van der Waals surface area contributed by atoms with Crippen LogP contribution >= 0.6 is 0 Å². The van der Waals surface area contributed by atoms with Crippen molar-refractivity contribution < 1.29 is 9.90 Å². The Morgan fingerprint density at radius 2 is 2.10 bits per heavy atom. The van der Waals surface area contributed by atoms with Crippen LogP contribution in [-0.4, -0.2) is 32.8 Å². The van der Waals surface area contributed by atoms with E-state index >= 15 is 0 Å². The van der Waals surface area contributed by atoms with Crippen molar-refractivity contribution >= 4 is 17.0 Å². The third-order valence-electron chi connectivity index (χ3n) is 5.17. The van der Waals surface area contributed by atoms with Crippen LogP contribution in [0.1, 0.15) is 37.4 Å². The summed E-state index contributed by atoms with van der Waals surface area (Å²) < 4.78 is 0. The van der Waals surface area contributed by atoms with Crippen molar-refractivity contribution in [3.05, 3.63) is 30.0 Å². The van der Waals surface area contributed by atoms with Gasteiger partial charge in [-0.3, -0.25) is 10.00 Å². The van der Waals surface area contributed by atoms with Crippen LogP contribution in [0.3, 0.4) is 0 Å². The van der Waals surface area contributed by atoms with E-state index in [0.717, 1.165) is 29.4 Å². The number of hydrogen-bond donors (Lipinski definition) is 2. The summed E-state index contributed by atoms with van der Waals surface area (Å²) in [5.41, 5.74) is 1.89. The van der Waals surface area contributed by atoms with Crippen LogP contribution in [0.25, 0.3) is 10.9 Å². The Kier molecular flexibility index (Phi) is 2.87. The number of carbonyl (C=O) groups is 1. The van der Waals surface area contributed by atoms with Crippen LogP contribution in [0.5, 0.6) is 0 Å². The maximum atomic E-state index is 11.7. The molecule has 4 rings (SSSR count). The number of amides is 1. The topological polar surface area (TPSA) is 69.2 Å². The fraction of sp³-hybridized carbons (Fsp3) is 0.500. The van der Waals surface area contributed by atoms with Gasteiger partial charge in [-0.1, -0.05) is 31.0 Å². The van der Waals surface area contributed by atoms with Gasteiger partial charge in [-0.25, -0.2) is 4.79 Å². The van der Waals surface area contributed by atoms with Gasteiger partial charge in [-0.05, 0) is 30.7 Å². The Labute approximate surface area is 122 Å². The van der Waals surface area contributed by atoms with Gasteiger partial charge in [0.1, 0.15) is 0 Å². The molecule has 2 aliphatic rings. The van der Waals surface area contributed by atoms with Gasteiger partial charge in [0.15, 0.2) is 0 Å². The molecule has 1 aliphatic carbocycles. The molecule has 3 atom stereocenters. The highest BCUT2D eigenvalue weighted by atomic mass is 16.4. The molecule has 1 saturated carbocycles. The van der Waals surface area contributed by atoms with Crippen molar-refractivity contribution in [1.29, 1.82) is 0 Å². The van der Waals surface area contributed by atoms with E-state index in [4.69, 9.17) is 0 Å². The first-order valence-electron chi connectivity index (χ1n) is 7.68. The second-order valence-corrected chi connectivity index (χ2v) is 6.24. The first-order chi connectivity index (χ1) is 10.3. The van der Waals surface area contributed by atoms with Crippen molar-refractivity contribution in [2.75, 3.05) is 6.54 Å². The minimum atomic E-state index is -0.812. The van der Waals surface area contributed by atoms with E-state index in [1.54, 1.807) is 4.90 Å². The van der Waals surface area contributed by atoms with Crippen LogP contribution < -0.4 is 0 Å². The van der Waals surface area contributed by atoms with E-state index in [0.29, 0.717) is 18.4 Å². The Morgan fingerprint density at radius 1 is 1.29 bits per heavy atom. The fourth-order valence-electron chi connectivity index (χ4n) is 4.25. The molecule has 110 valence electrons. The summed E-state index contributed by atoms with van der Waals surface area (Å²) in [6.07, 6.45) is 3.89. The monoisotopic (exact) mass is 285 g/mol. The minimum Gasteiger partial charge on any atom is -0.465 e. The third kappa shape index (κ3) is 1.91. The highest BCUT2D eigenvalue weighted by Gasteiger charge is 2.46. The minimum absolute atomic E-state index is 0.0693. The molecule has 0 radical (unpaired) electrons. The van der Waals surface area contributed by atoms with Gasteiger partial charge in [0, 0.05) is 11.9 Å². The predicted molar refractivity (Wildman–Crippen MR) is 79.0 cm³/mol. The smallest absolute Gasteiger partial charge is 0.407 e. The Hall–Kier alpha value is -2.04. The summed E-state index contributed by atoms with van der Waals surface area (Å²) in [5, 5.41) is 18.1. The van der Waals surface area contributed by atoms with Crippen LogP contribution in [0, 0.1) is 11.8 Å². The molecule has 5 heteroatoms. The summed E-state index contributed by atoms with van der Waals surface area (Å²) in [6.45, 7) is 0.665. The summed E-state index contributed by atoms with van der Waals surface area (Å²) in [7, 11) is 0. The van der Waals surface area contributed by atoms with Gasteiger partial charge in [0.05, 0.1) is 17.3 Å². The quantitative estimate of drug-likeness (QED) is 0.843. The van der Waals surface area contributed by atoms with Crippen LogP contribution in [0.2, 0.25) is 0 Å². The van der Waals surface area contributed by atoms with Gasteiger partial charge >= 0.3 is 6.09 Å². The maximum absolute atomic E-state index is 11.7. The number of benzene rings is 1.